The minimum Gasteiger partial charge on any atom is -0.339 e. The fourth-order valence-electron chi connectivity index (χ4n) is 3.41. The van der Waals surface area contributed by atoms with Gasteiger partial charge in [0.2, 0.25) is 10.0 Å². The number of amides is 1. The number of carbonyl (C=O) groups excluding carboxylic acids is 1. The van der Waals surface area contributed by atoms with Crippen LogP contribution in [0, 0.1) is 0 Å². The molecule has 1 aliphatic rings. The molecule has 1 fully saturated rings. The Kier molecular flexibility index (Phi) is 8.68. The van der Waals surface area contributed by atoms with Crippen LogP contribution in [-0.2, 0) is 10.0 Å². The summed E-state index contributed by atoms with van der Waals surface area (Å²) in [4.78, 5) is 17.0. The van der Waals surface area contributed by atoms with Crippen molar-refractivity contribution in [2.45, 2.75) is 40.4 Å². The maximum atomic E-state index is 13.1. The number of hydrogen-bond donors (Lipinski definition) is 1. The molecule has 5 nitrogen and oxygen atoms in total. The highest BCUT2D eigenvalue weighted by molar-refractivity contribution is 7.99. The topological polar surface area (TPSA) is 66.5 Å². The molecule has 0 radical (unpaired) electrons. The third-order valence-electron chi connectivity index (χ3n) is 5.01. The molecule has 2 aromatic rings. The molecule has 0 aliphatic carbocycles. The maximum absolute atomic E-state index is 13.1. The van der Waals surface area contributed by atoms with Gasteiger partial charge < -0.3 is 4.90 Å². The van der Waals surface area contributed by atoms with Crippen LogP contribution in [0.1, 0.15) is 36.0 Å². The molecule has 0 aromatic heterocycles. The van der Waals surface area contributed by atoms with Crippen LogP contribution < -0.4 is 4.72 Å². The molecule has 1 saturated heterocycles. The predicted molar refractivity (Wildman–Crippen MR) is 125 cm³/mol. The minimum absolute atomic E-state index is 0.0714. The van der Waals surface area contributed by atoms with Crippen molar-refractivity contribution in [2.24, 2.45) is 0 Å². The third kappa shape index (κ3) is 6.26. The highest BCUT2D eigenvalue weighted by Crippen LogP contribution is 2.26. The van der Waals surface area contributed by atoms with E-state index in [1.807, 2.05) is 41.5 Å². The Morgan fingerprint density at radius 3 is 2.40 bits per heavy atom. The van der Waals surface area contributed by atoms with Crippen LogP contribution in [-0.4, -0.2) is 50.9 Å². The van der Waals surface area contributed by atoms with Crippen molar-refractivity contribution < 1.29 is 13.2 Å². The highest BCUT2D eigenvalue weighted by Gasteiger charge is 2.23. The smallest absolute Gasteiger partial charge is 0.255 e. The molecule has 8 heteroatoms. The Morgan fingerprint density at radius 1 is 1.03 bits per heavy atom. The highest BCUT2D eigenvalue weighted by atomic mass is 32.2. The molecule has 2 aromatic carbocycles. The van der Waals surface area contributed by atoms with Crippen molar-refractivity contribution in [3.63, 3.8) is 0 Å². The van der Waals surface area contributed by atoms with E-state index in [2.05, 4.69) is 4.72 Å². The van der Waals surface area contributed by atoms with Gasteiger partial charge >= 0.3 is 0 Å². The molecule has 162 valence electrons. The molecular formula is C22H28N2O3S3. The second-order valence-electron chi connectivity index (χ2n) is 7.13. The van der Waals surface area contributed by atoms with Gasteiger partial charge in [0, 0.05) is 35.2 Å². The van der Waals surface area contributed by atoms with E-state index in [0.717, 1.165) is 48.6 Å². The molecule has 1 aliphatic heterocycles. The molecule has 3 rings (SSSR count). The first kappa shape index (κ1) is 23.2. The molecule has 30 heavy (non-hydrogen) atoms. The van der Waals surface area contributed by atoms with Crippen LogP contribution in [0.5, 0.6) is 0 Å². The van der Waals surface area contributed by atoms with Crippen molar-refractivity contribution in [1.29, 1.82) is 0 Å². The van der Waals surface area contributed by atoms with Crippen LogP contribution in [0.4, 0.5) is 0 Å². The number of hydrogen-bond acceptors (Lipinski definition) is 5. The van der Waals surface area contributed by atoms with Gasteiger partial charge in [-0.25, -0.2) is 13.1 Å². The zero-order chi connectivity index (χ0) is 21.4. The summed E-state index contributed by atoms with van der Waals surface area (Å²) in [5.74, 6) is 0.559. The van der Waals surface area contributed by atoms with Crippen molar-refractivity contribution in [2.75, 3.05) is 31.6 Å². The molecular weight excluding hydrogens is 436 g/mol. The Bertz CT molecular complexity index is 941. The average Bonchev–Trinajstić information content (AvgIpc) is 3.06. The molecule has 0 atom stereocenters. The molecule has 1 N–H and O–H groups in total. The van der Waals surface area contributed by atoms with Gasteiger partial charge in [-0.05, 0) is 49.4 Å². The number of rotatable bonds is 8. The van der Waals surface area contributed by atoms with E-state index in [9.17, 15) is 13.2 Å². The number of sulfonamides is 1. The molecule has 1 heterocycles. The van der Waals surface area contributed by atoms with Crippen LogP contribution in [0.2, 0.25) is 0 Å². The Balaban J connectivity index is 1.69. The average molecular weight is 465 g/mol. The van der Waals surface area contributed by atoms with Gasteiger partial charge in [-0.3, -0.25) is 4.79 Å². The van der Waals surface area contributed by atoms with Gasteiger partial charge in [-0.15, -0.1) is 23.5 Å². The molecule has 0 saturated carbocycles. The van der Waals surface area contributed by atoms with Gasteiger partial charge in [0.25, 0.3) is 5.91 Å². The normalized spacial score (nSPS) is 15.0. The lowest BCUT2D eigenvalue weighted by molar-refractivity contribution is 0.0758. The predicted octanol–water partition coefficient (Wildman–Crippen LogP) is 4.50. The monoisotopic (exact) mass is 464 g/mol. The number of thioether (sulfide) groups is 2. The standard InChI is InChI=1S/C22H28N2O3S3/c1-28-21-12-11-19(17-20(21)22(25)24-14-7-2-3-8-15-24)30(26,27)23-13-16-29-18-9-5-4-6-10-18/h4-6,9-12,17,23H,2-3,7-8,13-16H2,1H3. The Labute approximate surface area is 188 Å². The fraction of sp³-hybridized carbons (Fsp3) is 0.409. The lowest BCUT2D eigenvalue weighted by atomic mass is 10.2. The fourth-order valence-corrected chi connectivity index (χ4v) is 5.96. The largest absolute Gasteiger partial charge is 0.339 e. The van der Waals surface area contributed by atoms with Crippen LogP contribution >= 0.6 is 23.5 Å². The molecule has 0 unspecified atom stereocenters. The van der Waals surface area contributed by atoms with Gasteiger partial charge in [0.05, 0.1) is 10.5 Å². The lowest BCUT2D eigenvalue weighted by Crippen LogP contribution is -2.32. The van der Waals surface area contributed by atoms with Crippen molar-refractivity contribution in [3.05, 3.63) is 54.1 Å². The number of benzene rings is 2. The number of nitrogens with zero attached hydrogens (tertiary/aromatic N) is 1. The molecule has 0 bridgehead atoms. The zero-order valence-corrected chi connectivity index (χ0v) is 19.6. The molecule has 0 spiro atoms. The lowest BCUT2D eigenvalue weighted by Gasteiger charge is -2.22. The van der Waals surface area contributed by atoms with Gasteiger partial charge in [-0.1, -0.05) is 31.0 Å². The van der Waals surface area contributed by atoms with Crippen molar-refractivity contribution in [1.82, 2.24) is 9.62 Å². The van der Waals surface area contributed by atoms with Gasteiger partial charge in [0.1, 0.15) is 0 Å². The maximum Gasteiger partial charge on any atom is 0.255 e. The summed E-state index contributed by atoms with van der Waals surface area (Å²) < 4.78 is 28.3. The summed E-state index contributed by atoms with van der Waals surface area (Å²) in [7, 11) is -3.68. The summed E-state index contributed by atoms with van der Waals surface area (Å²) >= 11 is 3.07. The summed E-state index contributed by atoms with van der Waals surface area (Å²) in [6, 6.07) is 14.7. The number of likely N-dealkylation sites (tertiary alicyclic amines) is 1. The molecule has 1 amide bonds. The number of nitrogens with one attached hydrogen (secondary N) is 1. The second-order valence-corrected chi connectivity index (χ2v) is 10.9. The second kappa shape index (κ2) is 11.2. The van der Waals surface area contributed by atoms with Crippen LogP contribution in [0.25, 0.3) is 0 Å². The van der Waals surface area contributed by atoms with Crippen LogP contribution in [0.15, 0.2) is 63.2 Å². The van der Waals surface area contributed by atoms with E-state index >= 15 is 0 Å². The van der Waals surface area contributed by atoms with Crippen LogP contribution in [0.3, 0.4) is 0 Å². The summed E-state index contributed by atoms with van der Waals surface area (Å²) in [5, 5.41) is 0. The van der Waals surface area contributed by atoms with Gasteiger partial charge in [-0.2, -0.15) is 0 Å². The van der Waals surface area contributed by atoms with E-state index in [0.29, 0.717) is 17.9 Å². The SMILES string of the molecule is CSc1ccc(S(=O)(=O)NCCSc2ccccc2)cc1C(=O)N1CCCCCC1. The van der Waals surface area contributed by atoms with E-state index < -0.39 is 10.0 Å². The first-order chi connectivity index (χ1) is 14.5. The van der Waals surface area contributed by atoms with E-state index in [-0.39, 0.29) is 10.8 Å². The Hall–Kier alpha value is -1.48. The number of carbonyl (C=O) groups is 1. The minimum atomic E-state index is -3.68. The first-order valence-corrected chi connectivity index (χ1v) is 13.9. The van der Waals surface area contributed by atoms with E-state index in [4.69, 9.17) is 0 Å². The van der Waals surface area contributed by atoms with Crippen molar-refractivity contribution >= 4 is 39.5 Å². The summed E-state index contributed by atoms with van der Waals surface area (Å²) in [5.41, 5.74) is 0.478. The Morgan fingerprint density at radius 2 is 1.73 bits per heavy atom. The summed E-state index contributed by atoms with van der Waals surface area (Å²) in [6.45, 7) is 1.79. The first-order valence-electron chi connectivity index (χ1n) is 10.2. The quantitative estimate of drug-likeness (QED) is 0.460. The van der Waals surface area contributed by atoms with Gasteiger partial charge in [0.15, 0.2) is 0 Å². The zero-order valence-electron chi connectivity index (χ0n) is 17.2. The van der Waals surface area contributed by atoms with E-state index in [1.165, 1.54) is 17.8 Å². The van der Waals surface area contributed by atoms with E-state index in [1.54, 1.807) is 23.9 Å². The van der Waals surface area contributed by atoms with Crippen molar-refractivity contribution in [3.8, 4) is 0 Å². The summed E-state index contributed by atoms with van der Waals surface area (Å²) in [6.07, 6.45) is 6.18. The third-order valence-corrected chi connectivity index (χ3v) is 8.28.